The Bertz CT molecular complexity index is 595. The summed E-state index contributed by atoms with van der Waals surface area (Å²) in [6.07, 6.45) is 0. The molecule has 0 spiro atoms. The van der Waals surface area contributed by atoms with E-state index in [0.717, 1.165) is 15.7 Å². The van der Waals surface area contributed by atoms with Crippen molar-refractivity contribution in [2.24, 2.45) is 5.73 Å². The van der Waals surface area contributed by atoms with Crippen LogP contribution in [0.25, 0.3) is 0 Å². The first-order valence-electron chi connectivity index (χ1n) is 5.44. The second-order valence-electron chi connectivity index (χ2n) is 4.04. The Kier molecular flexibility index (Phi) is 4.18. The molecule has 1 aromatic carbocycles. The molecule has 0 amide bonds. The molecule has 1 heterocycles. The number of aliphatic carboxylic acids is 1. The summed E-state index contributed by atoms with van der Waals surface area (Å²) in [6.45, 7) is 1.99. The number of nitrogens with two attached hydrogens (primary N) is 1. The SMILES string of the molecule is Cc1cc(Br)cc(Nc2nc(C(N)C(=O)O)cs2)c1. The lowest BCUT2D eigenvalue weighted by molar-refractivity contribution is -0.138. The number of nitrogens with zero attached hydrogens (tertiary/aromatic N) is 1. The molecule has 0 aliphatic carbocycles. The van der Waals surface area contributed by atoms with Gasteiger partial charge in [0, 0.05) is 15.5 Å². The Morgan fingerprint density at radius 1 is 1.53 bits per heavy atom. The molecule has 5 nitrogen and oxygen atoms in total. The third-order valence-electron chi connectivity index (χ3n) is 2.40. The molecule has 0 saturated heterocycles. The summed E-state index contributed by atoms with van der Waals surface area (Å²) in [6, 6.07) is 4.81. The van der Waals surface area contributed by atoms with Gasteiger partial charge in [-0.25, -0.2) is 4.98 Å². The number of halogens is 1. The van der Waals surface area contributed by atoms with Gasteiger partial charge in [0.25, 0.3) is 0 Å². The minimum atomic E-state index is -1.09. The van der Waals surface area contributed by atoms with Crippen molar-refractivity contribution >= 4 is 44.1 Å². The topological polar surface area (TPSA) is 88.2 Å². The van der Waals surface area contributed by atoms with Crippen LogP contribution in [0.2, 0.25) is 0 Å². The molecule has 0 bridgehead atoms. The van der Waals surface area contributed by atoms with Gasteiger partial charge in [-0.3, -0.25) is 4.79 Å². The first-order chi connectivity index (χ1) is 8.95. The maximum atomic E-state index is 10.8. The zero-order valence-corrected chi connectivity index (χ0v) is 12.5. The third kappa shape index (κ3) is 3.52. The molecule has 0 saturated carbocycles. The summed E-state index contributed by atoms with van der Waals surface area (Å²) in [4.78, 5) is 14.9. The molecule has 0 fully saturated rings. The van der Waals surface area contributed by atoms with Crippen molar-refractivity contribution in [3.63, 3.8) is 0 Å². The Labute approximate surface area is 122 Å². The average Bonchev–Trinajstić information content (AvgIpc) is 2.74. The standard InChI is InChI=1S/C12H12BrN3O2S/c1-6-2-7(13)4-8(3-6)15-12-16-9(5-19-12)10(14)11(17)18/h2-5,10H,14H2,1H3,(H,15,16)(H,17,18). The molecule has 100 valence electrons. The van der Waals surface area contributed by atoms with Crippen LogP contribution < -0.4 is 11.1 Å². The van der Waals surface area contributed by atoms with E-state index in [0.29, 0.717) is 10.8 Å². The summed E-state index contributed by atoms with van der Waals surface area (Å²) in [5, 5.41) is 14.2. The molecule has 1 unspecified atom stereocenters. The van der Waals surface area contributed by atoms with Crippen LogP contribution in [0.1, 0.15) is 17.3 Å². The van der Waals surface area contributed by atoms with E-state index in [1.807, 2.05) is 25.1 Å². The number of anilines is 2. The van der Waals surface area contributed by atoms with E-state index in [4.69, 9.17) is 10.8 Å². The van der Waals surface area contributed by atoms with Gasteiger partial charge in [-0.2, -0.15) is 0 Å². The minimum Gasteiger partial charge on any atom is -0.480 e. The number of carboxylic acids is 1. The van der Waals surface area contributed by atoms with Crippen LogP contribution in [0.3, 0.4) is 0 Å². The number of aromatic nitrogens is 1. The van der Waals surface area contributed by atoms with Gasteiger partial charge < -0.3 is 16.2 Å². The van der Waals surface area contributed by atoms with Gasteiger partial charge in [-0.1, -0.05) is 15.9 Å². The second-order valence-corrected chi connectivity index (χ2v) is 5.81. The number of benzene rings is 1. The van der Waals surface area contributed by atoms with E-state index >= 15 is 0 Å². The smallest absolute Gasteiger partial charge is 0.326 e. The molecule has 0 aliphatic rings. The van der Waals surface area contributed by atoms with Gasteiger partial charge in [0.15, 0.2) is 5.13 Å². The van der Waals surface area contributed by atoms with E-state index in [1.54, 1.807) is 5.38 Å². The monoisotopic (exact) mass is 341 g/mol. The maximum Gasteiger partial charge on any atom is 0.326 e. The van der Waals surface area contributed by atoms with Crippen molar-refractivity contribution in [3.05, 3.63) is 39.3 Å². The summed E-state index contributed by atoms with van der Waals surface area (Å²) >= 11 is 4.74. The van der Waals surface area contributed by atoms with Gasteiger partial charge >= 0.3 is 5.97 Å². The Hall–Kier alpha value is -1.44. The van der Waals surface area contributed by atoms with Crippen LogP contribution >= 0.6 is 27.3 Å². The van der Waals surface area contributed by atoms with Gasteiger partial charge in [-0.05, 0) is 30.7 Å². The average molecular weight is 342 g/mol. The highest BCUT2D eigenvalue weighted by Gasteiger charge is 2.17. The van der Waals surface area contributed by atoms with Crippen molar-refractivity contribution in [1.29, 1.82) is 0 Å². The Morgan fingerprint density at radius 2 is 2.26 bits per heavy atom. The minimum absolute atomic E-state index is 0.353. The quantitative estimate of drug-likeness (QED) is 0.795. The van der Waals surface area contributed by atoms with Crippen LogP contribution in [-0.4, -0.2) is 16.1 Å². The molecule has 2 rings (SSSR count). The highest BCUT2D eigenvalue weighted by molar-refractivity contribution is 9.10. The Balaban J connectivity index is 2.18. The maximum absolute atomic E-state index is 10.8. The molecule has 0 aliphatic heterocycles. The molecule has 19 heavy (non-hydrogen) atoms. The number of hydrogen-bond donors (Lipinski definition) is 3. The number of rotatable bonds is 4. The summed E-state index contributed by atoms with van der Waals surface area (Å²) in [7, 11) is 0. The predicted octanol–water partition coefficient (Wildman–Crippen LogP) is 3.04. The molecular formula is C12H12BrN3O2S. The van der Waals surface area contributed by atoms with Crippen molar-refractivity contribution in [3.8, 4) is 0 Å². The molecule has 1 atom stereocenters. The van der Waals surface area contributed by atoms with E-state index in [9.17, 15) is 4.79 Å². The zero-order chi connectivity index (χ0) is 14.0. The van der Waals surface area contributed by atoms with Crippen LogP contribution in [0.15, 0.2) is 28.1 Å². The lowest BCUT2D eigenvalue weighted by Gasteiger charge is -2.05. The summed E-state index contributed by atoms with van der Waals surface area (Å²) in [5.74, 6) is -1.09. The number of nitrogens with one attached hydrogen (secondary N) is 1. The zero-order valence-electron chi connectivity index (χ0n) is 10.1. The first-order valence-corrected chi connectivity index (χ1v) is 7.11. The highest BCUT2D eigenvalue weighted by atomic mass is 79.9. The van der Waals surface area contributed by atoms with Crippen LogP contribution in [0, 0.1) is 6.92 Å². The lowest BCUT2D eigenvalue weighted by atomic mass is 10.2. The van der Waals surface area contributed by atoms with E-state index in [1.165, 1.54) is 11.3 Å². The molecule has 7 heteroatoms. The second kappa shape index (κ2) is 5.68. The van der Waals surface area contributed by atoms with Crippen molar-refractivity contribution < 1.29 is 9.90 Å². The third-order valence-corrected chi connectivity index (χ3v) is 3.63. The van der Waals surface area contributed by atoms with Gasteiger partial charge in [0.1, 0.15) is 6.04 Å². The fourth-order valence-electron chi connectivity index (χ4n) is 1.54. The van der Waals surface area contributed by atoms with Gasteiger partial charge in [0.05, 0.1) is 5.69 Å². The van der Waals surface area contributed by atoms with Crippen LogP contribution in [0.4, 0.5) is 10.8 Å². The summed E-state index contributed by atoms with van der Waals surface area (Å²) in [5.41, 5.74) is 7.85. The largest absolute Gasteiger partial charge is 0.480 e. The highest BCUT2D eigenvalue weighted by Crippen LogP contribution is 2.26. The molecular weight excluding hydrogens is 330 g/mol. The Morgan fingerprint density at radius 3 is 2.89 bits per heavy atom. The van der Waals surface area contributed by atoms with Crippen molar-refractivity contribution in [2.45, 2.75) is 13.0 Å². The van der Waals surface area contributed by atoms with Crippen molar-refractivity contribution in [2.75, 3.05) is 5.32 Å². The van der Waals surface area contributed by atoms with E-state index in [2.05, 4.69) is 26.2 Å². The van der Waals surface area contributed by atoms with Crippen LogP contribution in [0.5, 0.6) is 0 Å². The molecule has 0 radical (unpaired) electrons. The number of aryl methyl sites for hydroxylation is 1. The van der Waals surface area contributed by atoms with Gasteiger partial charge in [0.2, 0.25) is 0 Å². The fraction of sp³-hybridized carbons (Fsp3) is 0.167. The summed E-state index contributed by atoms with van der Waals surface area (Å²) < 4.78 is 0.967. The number of carboxylic acid groups (broad SMARTS) is 1. The molecule has 1 aromatic heterocycles. The predicted molar refractivity (Wildman–Crippen MR) is 78.8 cm³/mol. The number of thiazole rings is 1. The van der Waals surface area contributed by atoms with Gasteiger partial charge in [-0.15, -0.1) is 11.3 Å². The first kappa shape index (κ1) is 14.0. The van der Waals surface area contributed by atoms with Crippen molar-refractivity contribution in [1.82, 2.24) is 4.98 Å². The fourth-order valence-corrected chi connectivity index (χ4v) is 2.92. The number of carbonyl (C=O) groups is 1. The van der Waals surface area contributed by atoms with E-state index < -0.39 is 12.0 Å². The molecule has 2 aromatic rings. The normalized spacial score (nSPS) is 12.2. The van der Waals surface area contributed by atoms with Crippen LogP contribution in [-0.2, 0) is 4.79 Å². The van der Waals surface area contributed by atoms with E-state index in [-0.39, 0.29) is 0 Å². The molecule has 4 N–H and O–H groups in total. The number of hydrogen-bond acceptors (Lipinski definition) is 5. The lowest BCUT2D eigenvalue weighted by Crippen LogP contribution is -2.20.